The Kier molecular flexibility index (Phi) is 2.86. The van der Waals surface area contributed by atoms with Gasteiger partial charge in [-0.2, -0.15) is 0 Å². The molecule has 2 rings (SSSR count). The molecule has 1 heterocycles. The molecule has 90 valence electrons. The van der Waals surface area contributed by atoms with Gasteiger partial charge in [-0.25, -0.2) is 4.79 Å². The summed E-state index contributed by atoms with van der Waals surface area (Å²) in [5, 5.41) is 9.04. The van der Waals surface area contributed by atoms with Crippen molar-refractivity contribution < 1.29 is 19.5 Å². The third-order valence-electron chi connectivity index (χ3n) is 2.73. The molecule has 0 radical (unpaired) electrons. The Bertz CT molecular complexity index is 550. The van der Waals surface area contributed by atoms with Crippen LogP contribution in [0.3, 0.4) is 0 Å². The minimum Gasteiger partial charge on any atom is -0.480 e. The maximum Gasteiger partial charge on any atom is 0.327 e. The number of terminal acetylenes is 1. The lowest BCUT2D eigenvalue weighted by atomic mass is 10.1. The largest absolute Gasteiger partial charge is 0.480 e. The first-order chi connectivity index (χ1) is 8.57. The summed E-state index contributed by atoms with van der Waals surface area (Å²) in [6, 6.07) is 4.89. The molecule has 0 fully saturated rings. The third-order valence-corrected chi connectivity index (χ3v) is 2.73. The van der Waals surface area contributed by atoms with Crippen LogP contribution in [0, 0.1) is 12.3 Å². The molecule has 5 nitrogen and oxygen atoms in total. The monoisotopic (exact) mass is 243 g/mol. The van der Waals surface area contributed by atoms with Crippen LogP contribution in [0.25, 0.3) is 0 Å². The van der Waals surface area contributed by atoms with Gasteiger partial charge in [0.25, 0.3) is 11.8 Å². The quantitative estimate of drug-likeness (QED) is 0.628. The van der Waals surface area contributed by atoms with Gasteiger partial charge in [-0.1, -0.05) is 12.1 Å². The van der Waals surface area contributed by atoms with Gasteiger partial charge in [0.2, 0.25) is 0 Å². The van der Waals surface area contributed by atoms with Crippen molar-refractivity contribution in [2.75, 3.05) is 0 Å². The highest BCUT2D eigenvalue weighted by Crippen LogP contribution is 2.25. The first kappa shape index (κ1) is 11.9. The number of fused-ring (bicyclic) bond motifs is 1. The molecule has 0 saturated heterocycles. The van der Waals surface area contributed by atoms with E-state index in [1.165, 1.54) is 12.1 Å². The number of imide groups is 1. The summed E-state index contributed by atoms with van der Waals surface area (Å²) in [5.74, 6) is -0.348. The molecule has 0 saturated carbocycles. The Morgan fingerprint density at radius 1 is 1.28 bits per heavy atom. The molecule has 0 unspecified atom stereocenters. The van der Waals surface area contributed by atoms with Gasteiger partial charge < -0.3 is 5.11 Å². The number of carboxylic acid groups (broad SMARTS) is 1. The molecule has 1 N–H and O–H groups in total. The van der Waals surface area contributed by atoms with Crippen LogP contribution in [0.1, 0.15) is 27.1 Å². The summed E-state index contributed by atoms with van der Waals surface area (Å²) in [6.45, 7) is 0. The summed E-state index contributed by atoms with van der Waals surface area (Å²) in [6.07, 6.45) is 4.86. The summed E-state index contributed by atoms with van der Waals surface area (Å²) < 4.78 is 0. The Morgan fingerprint density at radius 3 is 2.17 bits per heavy atom. The molecule has 5 heteroatoms. The topological polar surface area (TPSA) is 74.7 Å². The molecule has 0 aromatic heterocycles. The van der Waals surface area contributed by atoms with Gasteiger partial charge in [0.15, 0.2) is 0 Å². The fourth-order valence-electron chi connectivity index (χ4n) is 1.89. The number of rotatable bonds is 3. The normalized spacial score (nSPS) is 15.2. The molecule has 18 heavy (non-hydrogen) atoms. The Hall–Kier alpha value is -2.61. The molecule has 1 aromatic carbocycles. The predicted octanol–water partition coefficient (Wildman–Crippen LogP) is 0.759. The number of amides is 2. The second-order valence-electron chi connectivity index (χ2n) is 3.79. The standard InChI is InChI=1S/C13H9NO4/c1-2-5-10(13(17)18)14-11(15)8-6-3-4-7-9(8)12(14)16/h1,3-4,6-7,10H,5H2,(H,17,18)/t10-/m0/s1. The summed E-state index contributed by atoms with van der Waals surface area (Å²) in [4.78, 5) is 35.8. The zero-order valence-electron chi connectivity index (χ0n) is 9.29. The van der Waals surface area contributed by atoms with Crippen LogP contribution in [0.5, 0.6) is 0 Å². The first-order valence-corrected chi connectivity index (χ1v) is 5.21. The number of hydrogen-bond acceptors (Lipinski definition) is 3. The van der Waals surface area contributed by atoms with E-state index >= 15 is 0 Å². The Balaban J connectivity index is 2.45. The van der Waals surface area contributed by atoms with Crippen LogP contribution in [0.4, 0.5) is 0 Å². The van der Waals surface area contributed by atoms with E-state index in [1.54, 1.807) is 12.1 Å². The fourth-order valence-corrected chi connectivity index (χ4v) is 1.89. The van der Waals surface area contributed by atoms with E-state index in [-0.39, 0.29) is 17.5 Å². The van der Waals surface area contributed by atoms with Crippen LogP contribution in [-0.4, -0.2) is 33.8 Å². The summed E-state index contributed by atoms with van der Waals surface area (Å²) in [5.41, 5.74) is 0.427. The molecule has 0 bridgehead atoms. The fraction of sp³-hybridized carbons (Fsp3) is 0.154. The molecule has 1 aliphatic rings. The van der Waals surface area contributed by atoms with E-state index in [0.29, 0.717) is 4.90 Å². The molecule has 1 aromatic rings. The lowest BCUT2D eigenvalue weighted by Gasteiger charge is -2.20. The molecular formula is C13H9NO4. The number of carbonyl (C=O) groups excluding carboxylic acids is 2. The van der Waals surface area contributed by atoms with E-state index in [0.717, 1.165) is 0 Å². The average Bonchev–Trinajstić information content (AvgIpc) is 2.60. The smallest absolute Gasteiger partial charge is 0.327 e. The SMILES string of the molecule is C#CC[C@@H](C(=O)O)N1C(=O)c2ccccc2C1=O. The zero-order chi connectivity index (χ0) is 13.3. The third kappa shape index (κ3) is 1.64. The highest BCUT2D eigenvalue weighted by molar-refractivity contribution is 6.22. The van der Waals surface area contributed by atoms with Crippen LogP contribution in [-0.2, 0) is 4.79 Å². The number of benzene rings is 1. The van der Waals surface area contributed by atoms with E-state index < -0.39 is 23.8 Å². The van der Waals surface area contributed by atoms with Crippen molar-refractivity contribution in [3.05, 3.63) is 35.4 Å². The molecule has 2 amide bonds. The lowest BCUT2D eigenvalue weighted by molar-refractivity contribution is -0.141. The summed E-state index contributed by atoms with van der Waals surface area (Å²) >= 11 is 0. The highest BCUT2D eigenvalue weighted by atomic mass is 16.4. The van der Waals surface area contributed by atoms with Crippen molar-refractivity contribution >= 4 is 17.8 Å². The number of nitrogens with zero attached hydrogens (tertiary/aromatic N) is 1. The number of carbonyl (C=O) groups is 3. The van der Waals surface area contributed by atoms with Crippen molar-refractivity contribution in [2.45, 2.75) is 12.5 Å². The molecular weight excluding hydrogens is 234 g/mol. The summed E-state index contributed by atoms with van der Waals surface area (Å²) in [7, 11) is 0. The molecule has 0 spiro atoms. The van der Waals surface area contributed by atoms with Crippen molar-refractivity contribution in [1.29, 1.82) is 0 Å². The van der Waals surface area contributed by atoms with Gasteiger partial charge in [-0.05, 0) is 12.1 Å². The second kappa shape index (κ2) is 4.34. The van der Waals surface area contributed by atoms with Crippen LogP contribution < -0.4 is 0 Å². The van der Waals surface area contributed by atoms with E-state index in [2.05, 4.69) is 5.92 Å². The van der Waals surface area contributed by atoms with Crippen LogP contribution in [0.15, 0.2) is 24.3 Å². The number of carboxylic acids is 1. The molecule has 1 aliphatic heterocycles. The van der Waals surface area contributed by atoms with Gasteiger partial charge in [-0.3, -0.25) is 14.5 Å². The second-order valence-corrected chi connectivity index (χ2v) is 3.79. The Labute approximate surface area is 103 Å². The molecule has 1 atom stereocenters. The van der Waals surface area contributed by atoms with Crippen molar-refractivity contribution in [1.82, 2.24) is 4.90 Å². The van der Waals surface area contributed by atoms with Gasteiger partial charge in [0.1, 0.15) is 6.04 Å². The zero-order valence-corrected chi connectivity index (χ0v) is 9.29. The van der Waals surface area contributed by atoms with Gasteiger partial charge in [0, 0.05) is 6.42 Å². The minimum absolute atomic E-state index is 0.208. The minimum atomic E-state index is -1.32. The number of aliphatic carboxylic acids is 1. The van der Waals surface area contributed by atoms with E-state index in [9.17, 15) is 14.4 Å². The molecule has 0 aliphatic carbocycles. The van der Waals surface area contributed by atoms with Gasteiger partial charge in [0.05, 0.1) is 11.1 Å². The van der Waals surface area contributed by atoms with E-state index in [1.807, 2.05) is 0 Å². The predicted molar refractivity (Wildman–Crippen MR) is 61.8 cm³/mol. The van der Waals surface area contributed by atoms with Gasteiger partial charge in [-0.15, -0.1) is 12.3 Å². The average molecular weight is 243 g/mol. The van der Waals surface area contributed by atoms with Crippen molar-refractivity contribution in [2.24, 2.45) is 0 Å². The highest BCUT2D eigenvalue weighted by Gasteiger charge is 2.42. The maximum absolute atomic E-state index is 12.0. The van der Waals surface area contributed by atoms with Crippen molar-refractivity contribution in [3.63, 3.8) is 0 Å². The van der Waals surface area contributed by atoms with Gasteiger partial charge >= 0.3 is 5.97 Å². The van der Waals surface area contributed by atoms with Crippen LogP contribution in [0.2, 0.25) is 0 Å². The lowest BCUT2D eigenvalue weighted by Crippen LogP contribution is -2.44. The Morgan fingerprint density at radius 2 is 1.78 bits per heavy atom. The van der Waals surface area contributed by atoms with Crippen molar-refractivity contribution in [3.8, 4) is 12.3 Å². The first-order valence-electron chi connectivity index (χ1n) is 5.21. The maximum atomic E-state index is 12.0. The van der Waals surface area contributed by atoms with Crippen LogP contribution >= 0.6 is 0 Å². The van der Waals surface area contributed by atoms with E-state index in [4.69, 9.17) is 11.5 Å². The number of hydrogen-bond donors (Lipinski definition) is 1.